The van der Waals surface area contributed by atoms with E-state index in [0.29, 0.717) is 5.56 Å². The summed E-state index contributed by atoms with van der Waals surface area (Å²) >= 11 is 1.54. The van der Waals surface area contributed by atoms with E-state index < -0.39 is 24.6 Å². The van der Waals surface area contributed by atoms with Crippen LogP contribution < -0.4 is 10.1 Å². The normalized spacial score (nSPS) is 14.4. The van der Waals surface area contributed by atoms with Crippen LogP contribution >= 0.6 is 11.3 Å². The minimum absolute atomic E-state index is 0.0820. The lowest BCUT2D eigenvalue weighted by Gasteiger charge is -2.16. The van der Waals surface area contributed by atoms with E-state index in [-0.39, 0.29) is 11.4 Å². The molecule has 27 heavy (non-hydrogen) atoms. The van der Waals surface area contributed by atoms with Crippen LogP contribution in [0.5, 0.6) is 5.75 Å². The monoisotopic (exact) mass is 395 g/mol. The molecule has 8 heteroatoms. The number of esters is 1. The molecule has 0 unspecified atom stereocenters. The summed E-state index contributed by atoms with van der Waals surface area (Å²) in [6.45, 7) is -1.58. The van der Waals surface area contributed by atoms with Crippen LogP contribution in [0.3, 0.4) is 0 Å². The maximum absolute atomic E-state index is 12.5. The Morgan fingerprint density at radius 1 is 1.19 bits per heavy atom. The van der Waals surface area contributed by atoms with Crippen molar-refractivity contribution in [2.45, 2.75) is 45.3 Å². The van der Waals surface area contributed by atoms with Gasteiger partial charge in [0.1, 0.15) is 5.75 Å². The lowest BCUT2D eigenvalue weighted by molar-refractivity contribution is -0.123. The van der Waals surface area contributed by atoms with Crippen molar-refractivity contribution in [1.29, 1.82) is 0 Å². The van der Waals surface area contributed by atoms with Gasteiger partial charge in [0.15, 0.2) is 6.10 Å². The lowest BCUT2D eigenvalue weighted by atomic mass is 9.96. The number of amides is 1. The summed E-state index contributed by atoms with van der Waals surface area (Å²) in [5.41, 5.74) is 1.61. The predicted molar refractivity (Wildman–Crippen MR) is 97.5 cm³/mol. The highest BCUT2D eigenvalue weighted by atomic mass is 32.1. The highest BCUT2D eigenvalue weighted by Gasteiger charge is 2.25. The summed E-state index contributed by atoms with van der Waals surface area (Å²) in [6, 6.07) is 5.83. The molecule has 0 saturated carbocycles. The number of hydrogen-bond donors (Lipinski definition) is 1. The van der Waals surface area contributed by atoms with Gasteiger partial charge in [-0.3, -0.25) is 4.79 Å². The number of alkyl halides is 2. The van der Waals surface area contributed by atoms with Gasteiger partial charge < -0.3 is 14.8 Å². The molecule has 144 valence electrons. The number of ether oxygens (including phenoxy) is 2. The molecule has 1 aromatic heterocycles. The average Bonchev–Trinajstić information content (AvgIpc) is 3.07. The third kappa shape index (κ3) is 4.63. The largest absolute Gasteiger partial charge is 0.449 e. The zero-order valence-corrected chi connectivity index (χ0v) is 15.5. The van der Waals surface area contributed by atoms with E-state index in [1.54, 1.807) is 11.4 Å². The molecule has 1 N–H and O–H groups in total. The molecule has 1 aliphatic rings. The van der Waals surface area contributed by atoms with E-state index in [9.17, 15) is 18.4 Å². The number of benzene rings is 1. The maximum atomic E-state index is 12.5. The molecule has 2 aromatic rings. The summed E-state index contributed by atoms with van der Waals surface area (Å²) in [4.78, 5) is 26.0. The number of carbonyl (C=O) groups is 2. The molecule has 1 atom stereocenters. The number of thiophene rings is 1. The summed E-state index contributed by atoms with van der Waals surface area (Å²) in [6.07, 6.45) is 2.85. The molecule has 0 radical (unpaired) electrons. The maximum Gasteiger partial charge on any atom is 0.387 e. The van der Waals surface area contributed by atoms with Crippen LogP contribution in [0.4, 0.5) is 14.5 Å². The number of hydrogen-bond acceptors (Lipinski definition) is 5. The van der Waals surface area contributed by atoms with Crippen LogP contribution in [0.2, 0.25) is 0 Å². The fraction of sp³-hybridized carbons (Fsp3) is 0.368. The summed E-state index contributed by atoms with van der Waals surface area (Å²) in [7, 11) is 0. The van der Waals surface area contributed by atoms with Crippen molar-refractivity contribution in [2.75, 3.05) is 5.32 Å². The summed E-state index contributed by atoms with van der Waals surface area (Å²) in [5, 5.41) is 4.23. The van der Waals surface area contributed by atoms with E-state index in [2.05, 4.69) is 10.1 Å². The molecule has 1 amide bonds. The number of para-hydroxylation sites is 2. The molecule has 1 aromatic carbocycles. The van der Waals surface area contributed by atoms with Crippen molar-refractivity contribution in [3.63, 3.8) is 0 Å². The van der Waals surface area contributed by atoms with Gasteiger partial charge in [-0.15, -0.1) is 11.3 Å². The molecule has 0 fully saturated rings. The molecule has 1 aliphatic carbocycles. The molecular formula is C19H19F2NO4S. The third-order valence-corrected chi connectivity index (χ3v) is 5.38. The Bertz CT molecular complexity index is 837. The number of carbonyl (C=O) groups excluding carboxylic acids is 2. The summed E-state index contributed by atoms with van der Waals surface area (Å²) < 4.78 is 34.6. The zero-order valence-electron chi connectivity index (χ0n) is 14.7. The van der Waals surface area contributed by atoms with Crippen molar-refractivity contribution in [2.24, 2.45) is 0 Å². The Hall–Kier alpha value is -2.48. The van der Waals surface area contributed by atoms with Crippen LogP contribution in [0.1, 0.15) is 40.6 Å². The first kappa shape index (κ1) is 19.3. The van der Waals surface area contributed by atoms with Gasteiger partial charge in [-0.05, 0) is 50.3 Å². The molecule has 3 rings (SSSR count). The van der Waals surface area contributed by atoms with Gasteiger partial charge in [0.2, 0.25) is 0 Å². The van der Waals surface area contributed by atoms with Crippen molar-refractivity contribution in [3.05, 3.63) is 45.6 Å². The van der Waals surface area contributed by atoms with Crippen molar-refractivity contribution < 1.29 is 27.8 Å². The minimum atomic E-state index is -3.01. The Labute approximate surface area is 159 Å². The Balaban J connectivity index is 1.64. The Kier molecular flexibility index (Phi) is 6.05. The third-order valence-electron chi connectivity index (χ3n) is 4.30. The first-order valence-electron chi connectivity index (χ1n) is 8.60. The minimum Gasteiger partial charge on any atom is -0.449 e. The van der Waals surface area contributed by atoms with E-state index >= 15 is 0 Å². The van der Waals surface area contributed by atoms with Gasteiger partial charge in [-0.25, -0.2) is 4.79 Å². The molecule has 0 bridgehead atoms. The zero-order chi connectivity index (χ0) is 19.4. The van der Waals surface area contributed by atoms with Crippen molar-refractivity contribution in [1.82, 2.24) is 0 Å². The summed E-state index contributed by atoms with van der Waals surface area (Å²) in [5.74, 6) is -1.33. The van der Waals surface area contributed by atoms with Gasteiger partial charge in [0, 0.05) is 10.3 Å². The molecule has 0 aliphatic heterocycles. The predicted octanol–water partition coefficient (Wildman–Crippen LogP) is 4.41. The van der Waals surface area contributed by atoms with Gasteiger partial charge in [0.25, 0.3) is 5.91 Å². The molecule has 0 spiro atoms. The van der Waals surface area contributed by atoms with E-state index in [0.717, 1.165) is 31.2 Å². The number of anilines is 1. The highest BCUT2D eigenvalue weighted by Crippen LogP contribution is 2.31. The number of nitrogens with one attached hydrogen (secondary N) is 1. The van der Waals surface area contributed by atoms with Gasteiger partial charge >= 0.3 is 12.6 Å². The van der Waals surface area contributed by atoms with E-state index in [4.69, 9.17) is 4.74 Å². The quantitative estimate of drug-likeness (QED) is 0.736. The topological polar surface area (TPSA) is 64.6 Å². The van der Waals surface area contributed by atoms with Crippen molar-refractivity contribution in [3.8, 4) is 5.75 Å². The second-order valence-electron chi connectivity index (χ2n) is 6.17. The van der Waals surface area contributed by atoms with Gasteiger partial charge in [-0.2, -0.15) is 8.78 Å². The Morgan fingerprint density at radius 2 is 1.93 bits per heavy atom. The number of halogens is 2. The van der Waals surface area contributed by atoms with Gasteiger partial charge in [0.05, 0.1) is 11.3 Å². The van der Waals surface area contributed by atoms with Crippen LogP contribution in [-0.2, 0) is 22.4 Å². The second kappa shape index (κ2) is 8.47. The molecular weight excluding hydrogens is 376 g/mol. The molecule has 1 heterocycles. The smallest absolute Gasteiger partial charge is 0.387 e. The first-order chi connectivity index (χ1) is 13.0. The second-order valence-corrected chi connectivity index (χ2v) is 7.13. The van der Waals surface area contributed by atoms with Crippen molar-refractivity contribution >= 4 is 28.9 Å². The Morgan fingerprint density at radius 3 is 2.70 bits per heavy atom. The van der Waals surface area contributed by atoms with Crippen LogP contribution in [0.25, 0.3) is 0 Å². The SMILES string of the molecule is C[C@@H](OC(=O)c1csc2c1CCCC2)C(=O)Nc1ccccc1OC(F)F. The fourth-order valence-electron chi connectivity index (χ4n) is 2.95. The average molecular weight is 395 g/mol. The molecule has 0 saturated heterocycles. The van der Waals surface area contributed by atoms with Crippen LogP contribution in [0, 0.1) is 0 Å². The first-order valence-corrected chi connectivity index (χ1v) is 9.48. The van der Waals surface area contributed by atoms with Crippen LogP contribution in [0.15, 0.2) is 29.6 Å². The highest BCUT2D eigenvalue weighted by molar-refractivity contribution is 7.10. The standard InChI is InChI=1S/C19H19F2NO4S/c1-11(17(23)22-14-7-3-4-8-15(14)26-19(20)21)25-18(24)13-10-27-16-9-5-2-6-12(13)16/h3-4,7-8,10-11,19H,2,5-6,9H2,1H3,(H,22,23)/t11-/m1/s1. The van der Waals surface area contributed by atoms with E-state index in [1.165, 1.54) is 41.3 Å². The fourth-order valence-corrected chi connectivity index (χ4v) is 4.06. The van der Waals surface area contributed by atoms with Gasteiger partial charge in [-0.1, -0.05) is 12.1 Å². The number of rotatable bonds is 6. The number of aryl methyl sites for hydroxylation is 1. The van der Waals surface area contributed by atoms with E-state index in [1.807, 2.05) is 0 Å². The van der Waals surface area contributed by atoms with Crippen LogP contribution in [-0.4, -0.2) is 24.6 Å². The number of fused-ring (bicyclic) bond motifs is 1. The molecule has 5 nitrogen and oxygen atoms in total. The lowest BCUT2D eigenvalue weighted by Crippen LogP contribution is -2.30.